The molecule has 1 aromatic carbocycles. The van der Waals surface area contributed by atoms with Gasteiger partial charge < -0.3 is 20.0 Å². The van der Waals surface area contributed by atoms with E-state index in [-0.39, 0.29) is 36.4 Å². The van der Waals surface area contributed by atoms with E-state index in [2.05, 4.69) is 51.3 Å². The number of nitrogens with zero attached hydrogens (tertiary/aromatic N) is 4. The van der Waals surface area contributed by atoms with Gasteiger partial charge in [0.2, 0.25) is 5.91 Å². The van der Waals surface area contributed by atoms with Crippen LogP contribution >= 0.6 is 24.0 Å². The van der Waals surface area contributed by atoms with Gasteiger partial charge in [-0.1, -0.05) is 25.0 Å². The van der Waals surface area contributed by atoms with Crippen LogP contribution in [0.2, 0.25) is 0 Å². The number of aryl methyl sites for hydroxylation is 1. The van der Waals surface area contributed by atoms with Gasteiger partial charge in [0.05, 0.1) is 0 Å². The van der Waals surface area contributed by atoms with Gasteiger partial charge in [-0.2, -0.15) is 0 Å². The topological polar surface area (TPSA) is 51.2 Å². The number of likely N-dealkylation sites (N-methyl/N-ethyl adjacent to an activating group) is 1. The van der Waals surface area contributed by atoms with Gasteiger partial charge in [0.25, 0.3) is 0 Å². The number of hydrogen-bond donors (Lipinski definition) is 1. The predicted octanol–water partition coefficient (Wildman–Crippen LogP) is 2.71. The fraction of sp³-hybridized carbons (Fsp3) is 0.619. The summed E-state index contributed by atoms with van der Waals surface area (Å²) >= 11 is 0. The van der Waals surface area contributed by atoms with Gasteiger partial charge in [-0.05, 0) is 37.5 Å². The summed E-state index contributed by atoms with van der Waals surface area (Å²) in [6, 6.07) is 9.19. The van der Waals surface area contributed by atoms with E-state index in [4.69, 9.17) is 0 Å². The van der Waals surface area contributed by atoms with Crippen molar-refractivity contribution in [2.24, 2.45) is 4.99 Å². The summed E-state index contributed by atoms with van der Waals surface area (Å²) < 4.78 is 0. The minimum atomic E-state index is 0. The molecule has 0 radical (unpaired) electrons. The van der Waals surface area contributed by atoms with E-state index >= 15 is 0 Å². The van der Waals surface area contributed by atoms with Crippen LogP contribution in [0.1, 0.15) is 31.2 Å². The first-order valence-electron chi connectivity index (χ1n) is 10.1. The summed E-state index contributed by atoms with van der Waals surface area (Å²) in [6.45, 7) is 6.12. The summed E-state index contributed by atoms with van der Waals surface area (Å²) in [4.78, 5) is 23.0. The highest BCUT2D eigenvalue weighted by Crippen LogP contribution is 2.20. The molecule has 1 amide bonds. The van der Waals surface area contributed by atoms with Gasteiger partial charge in [0.15, 0.2) is 5.96 Å². The van der Waals surface area contributed by atoms with Gasteiger partial charge in [-0.25, -0.2) is 4.99 Å². The molecule has 6 nitrogen and oxygen atoms in total. The fourth-order valence-electron chi connectivity index (χ4n) is 3.77. The highest BCUT2D eigenvalue weighted by molar-refractivity contribution is 14.0. The maximum atomic E-state index is 12.0. The first-order valence-corrected chi connectivity index (χ1v) is 10.1. The predicted molar refractivity (Wildman–Crippen MR) is 127 cm³/mol. The number of rotatable bonds is 4. The van der Waals surface area contributed by atoms with E-state index in [1.165, 1.54) is 36.9 Å². The van der Waals surface area contributed by atoms with Gasteiger partial charge >= 0.3 is 0 Å². The molecule has 3 rings (SSSR count). The maximum Gasteiger partial charge on any atom is 0.243 e. The second-order valence-electron chi connectivity index (χ2n) is 7.87. The number of benzene rings is 1. The molecule has 1 saturated heterocycles. The molecule has 0 atom stereocenters. The normalized spacial score (nSPS) is 18.0. The zero-order valence-electron chi connectivity index (χ0n) is 17.4. The van der Waals surface area contributed by atoms with Crippen molar-refractivity contribution in [1.29, 1.82) is 0 Å². The number of halogens is 1. The SMILES string of the molecule is Cc1cccc(N2CCN(C(=NCC(=O)N(C)C)NC3CCCC3)CC2)c1.I. The van der Waals surface area contributed by atoms with Crippen molar-refractivity contribution in [3.05, 3.63) is 29.8 Å². The van der Waals surface area contributed by atoms with Crippen molar-refractivity contribution in [1.82, 2.24) is 15.1 Å². The summed E-state index contributed by atoms with van der Waals surface area (Å²) in [5.41, 5.74) is 2.59. The average molecular weight is 499 g/mol. The molecule has 1 saturated carbocycles. The maximum absolute atomic E-state index is 12.0. The number of aliphatic imine (C=N–C) groups is 1. The van der Waals surface area contributed by atoms with Crippen molar-refractivity contribution in [2.45, 2.75) is 38.6 Å². The number of hydrogen-bond acceptors (Lipinski definition) is 3. The zero-order chi connectivity index (χ0) is 19.2. The molecule has 1 aliphatic heterocycles. The minimum Gasteiger partial charge on any atom is -0.368 e. The highest BCUT2D eigenvalue weighted by Gasteiger charge is 2.23. The molecule has 28 heavy (non-hydrogen) atoms. The number of piperazine rings is 1. The molecule has 156 valence electrons. The molecular formula is C21H34IN5O. The summed E-state index contributed by atoms with van der Waals surface area (Å²) in [5.74, 6) is 0.945. The zero-order valence-corrected chi connectivity index (χ0v) is 19.7. The number of guanidine groups is 1. The van der Waals surface area contributed by atoms with Crippen molar-refractivity contribution in [3.63, 3.8) is 0 Å². The van der Waals surface area contributed by atoms with Crippen LogP contribution in [0.15, 0.2) is 29.3 Å². The monoisotopic (exact) mass is 499 g/mol. The third kappa shape index (κ3) is 6.25. The van der Waals surface area contributed by atoms with E-state index in [1.54, 1.807) is 19.0 Å². The van der Waals surface area contributed by atoms with E-state index in [9.17, 15) is 4.79 Å². The molecule has 1 aliphatic carbocycles. The van der Waals surface area contributed by atoms with Gasteiger partial charge in [-0.15, -0.1) is 24.0 Å². The average Bonchev–Trinajstić information content (AvgIpc) is 3.18. The molecule has 1 N–H and O–H groups in total. The molecule has 0 bridgehead atoms. The van der Waals surface area contributed by atoms with E-state index in [0.717, 1.165) is 32.1 Å². The lowest BCUT2D eigenvalue weighted by atomic mass is 10.2. The van der Waals surface area contributed by atoms with E-state index in [1.807, 2.05) is 0 Å². The lowest BCUT2D eigenvalue weighted by Gasteiger charge is -2.38. The molecule has 7 heteroatoms. The van der Waals surface area contributed by atoms with E-state index < -0.39 is 0 Å². The smallest absolute Gasteiger partial charge is 0.243 e. The molecule has 0 aromatic heterocycles. The largest absolute Gasteiger partial charge is 0.368 e. The molecule has 0 unspecified atom stereocenters. The lowest BCUT2D eigenvalue weighted by Crippen LogP contribution is -2.54. The van der Waals surface area contributed by atoms with Crippen LogP contribution in [0.25, 0.3) is 0 Å². The Morgan fingerprint density at radius 2 is 1.86 bits per heavy atom. The summed E-state index contributed by atoms with van der Waals surface area (Å²) in [5, 5.41) is 3.63. The number of carbonyl (C=O) groups is 1. The van der Waals surface area contributed by atoms with Crippen LogP contribution in [0.5, 0.6) is 0 Å². The summed E-state index contributed by atoms with van der Waals surface area (Å²) in [6.07, 6.45) is 4.96. The van der Waals surface area contributed by atoms with Gasteiger partial charge in [0.1, 0.15) is 6.54 Å². The summed E-state index contributed by atoms with van der Waals surface area (Å²) in [7, 11) is 3.56. The van der Waals surface area contributed by atoms with Crippen molar-refractivity contribution < 1.29 is 4.79 Å². The second-order valence-corrected chi connectivity index (χ2v) is 7.87. The van der Waals surface area contributed by atoms with Crippen LogP contribution in [-0.2, 0) is 4.79 Å². The standard InChI is InChI=1S/C21H33N5O.HI/c1-17-7-6-10-19(15-17)25-11-13-26(14-12-25)21(22-16-20(27)24(2)3)23-18-8-4-5-9-18;/h6-7,10,15,18H,4-5,8-9,11-14,16H2,1-3H3,(H,22,23);1H. The number of nitrogens with one attached hydrogen (secondary N) is 1. The Bertz CT molecular complexity index is 665. The fourth-order valence-corrected chi connectivity index (χ4v) is 3.77. The third-order valence-electron chi connectivity index (χ3n) is 5.50. The quantitative estimate of drug-likeness (QED) is 0.394. The Balaban J connectivity index is 0.00000280. The number of amides is 1. The Morgan fingerprint density at radius 3 is 2.46 bits per heavy atom. The Hall–Kier alpha value is -1.51. The minimum absolute atomic E-state index is 0. The van der Waals surface area contributed by atoms with Crippen LogP contribution in [-0.4, -0.2) is 74.5 Å². The van der Waals surface area contributed by atoms with Crippen molar-refractivity contribution >= 4 is 41.5 Å². The van der Waals surface area contributed by atoms with E-state index in [0.29, 0.717) is 6.04 Å². The molecular weight excluding hydrogens is 465 g/mol. The lowest BCUT2D eigenvalue weighted by molar-refractivity contribution is -0.127. The number of carbonyl (C=O) groups excluding carboxylic acids is 1. The van der Waals surface area contributed by atoms with Gasteiger partial charge in [0, 0.05) is 52.0 Å². The van der Waals surface area contributed by atoms with Crippen molar-refractivity contribution in [3.8, 4) is 0 Å². The van der Waals surface area contributed by atoms with Crippen LogP contribution < -0.4 is 10.2 Å². The second kappa shape index (κ2) is 10.9. The first kappa shape index (κ1) is 22.8. The molecule has 2 fully saturated rings. The highest BCUT2D eigenvalue weighted by atomic mass is 127. The van der Waals surface area contributed by atoms with Crippen molar-refractivity contribution in [2.75, 3.05) is 51.7 Å². The van der Waals surface area contributed by atoms with Crippen LogP contribution in [0.3, 0.4) is 0 Å². The van der Waals surface area contributed by atoms with Crippen LogP contribution in [0.4, 0.5) is 5.69 Å². The number of anilines is 1. The molecule has 2 aliphatic rings. The van der Waals surface area contributed by atoms with Crippen LogP contribution in [0, 0.1) is 6.92 Å². The van der Waals surface area contributed by atoms with Gasteiger partial charge in [-0.3, -0.25) is 4.79 Å². The Kier molecular flexibility index (Phi) is 8.85. The Labute approximate surface area is 186 Å². The molecule has 0 spiro atoms. The molecule has 1 aromatic rings. The third-order valence-corrected chi connectivity index (χ3v) is 5.50. The Morgan fingerprint density at radius 1 is 1.18 bits per heavy atom. The molecule has 1 heterocycles. The first-order chi connectivity index (χ1) is 13.0.